The van der Waals surface area contributed by atoms with E-state index >= 15 is 0 Å². The van der Waals surface area contributed by atoms with Crippen molar-refractivity contribution in [2.45, 2.75) is 25.3 Å². The van der Waals surface area contributed by atoms with Crippen LogP contribution in [0, 0.1) is 3.57 Å². The van der Waals surface area contributed by atoms with Crippen LogP contribution in [0.5, 0.6) is 0 Å². The van der Waals surface area contributed by atoms with Crippen LogP contribution >= 0.6 is 34.2 Å². The molecule has 0 saturated carbocycles. The van der Waals surface area contributed by atoms with Gasteiger partial charge in [-0.1, -0.05) is 0 Å². The summed E-state index contributed by atoms with van der Waals surface area (Å²) >= 11 is 8.14. The zero-order chi connectivity index (χ0) is 13.5. The molecule has 1 aromatic heterocycles. The van der Waals surface area contributed by atoms with E-state index in [9.17, 15) is 4.79 Å². The minimum Gasteiger partial charge on any atom is -0.368 e. The first-order chi connectivity index (χ1) is 8.37. The summed E-state index contributed by atoms with van der Waals surface area (Å²) in [4.78, 5) is 16.1. The van der Waals surface area contributed by atoms with Crippen LogP contribution in [-0.4, -0.2) is 15.5 Å². The van der Waals surface area contributed by atoms with Gasteiger partial charge in [-0.2, -0.15) is 0 Å². The maximum absolute atomic E-state index is 11.6. The van der Waals surface area contributed by atoms with Crippen molar-refractivity contribution in [2.75, 3.05) is 0 Å². The number of amides is 1. The second-order valence-corrected chi connectivity index (χ2v) is 6.07. The maximum Gasteiger partial charge on any atom is 0.243 e. The number of imidazole rings is 1. The van der Waals surface area contributed by atoms with Gasteiger partial charge in [0.25, 0.3) is 0 Å². The van der Waals surface area contributed by atoms with Crippen LogP contribution in [0.15, 0.2) is 18.2 Å². The molecule has 4 nitrogen and oxygen atoms in total. The lowest BCUT2D eigenvalue weighted by molar-refractivity contribution is -0.125. The van der Waals surface area contributed by atoms with Crippen molar-refractivity contribution in [3.05, 3.63) is 27.6 Å². The van der Waals surface area contributed by atoms with Crippen molar-refractivity contribution in [1.82, 2.24) is 9.55 Å². The largest absolute Gasteiger partial charge is 0.368 e. The van der Waals surface area contributed by atoms with Crippen LogP contribution in [0.2, 0.25) is 0 Å². The monoisotopic (exact) mass is 377 g/mol. The molecule has 1 heterocycles. The van der Waals surface area contributed by atoms with E-state index in [-0.39, 0.29) is 5.88 Å². The quantitative estimate of drug-likeness (QED) is 0.660. The Labute approximate surface area is 124 Å². The molecule has 0 bridgehead atoms. The number of fused-ring (bicyclic) bond motifs is 1. The van der Waals surface area contributed by atoms with Gasteiger partial charge in [0.2, 0.25) is 5.91 Å². The van der Waals surface area contributed by atoms with Gasteiger partial charge >= 0.3 is 0 Å². The van der Waals surface area contributed by atoms with Crippen molar-refractivity contribution in [1.29, 1.82) is 0 Å². The standard InChI is InChI=1S/C12H13ClIN3O/c1-12(2,11(15)18)17-9-4-3-7(14)5-8(9)16-10(17)6-13/h3-5H,6H2,1-2H3,(H2,15,18). The Morgan fingerprint density at radius 1 is 1.56 bits per heavy atom. The molecule has 96 valence electrons. The van der Waals surface area contributed by atoms with Gasteiger partial charge < -0.3 is 10.3 Å². The molecule has 2 aromatic rings. The fraction of sp³-hybridized carbons (Fsp3) is 0.333. The van der Waals surface area contributed by atoms with E-state index in [1.54, 1.807) is 13.8 Å². The van der Waals surface area contributed by atoms with Gasteiger partial charge in [-0.25, -0.2) is 4.98 Å². The fourth-order valence-electron chi connectivity index (χ4n) is 1.93. The highest BCUT2D eigenvalue weighted by molar-refractivity contribution is 14.1. The normalized spacial score (nSPS) is 12.0. The molecule has 0 aliphatic carbocycles. The lowest BCUT2D eigenvalue weighted by atomic mass is 10.0. The second kappa shape index (κ2) is 4.70. The molecule has 1 aromatic carbocycles. The summed E-state index contributed by atoms with van der Waals surface area (Å²) in [6.45, 7) is 3.54. The number of benzene rings is 1. The zero-order valence-electron chi connectivity index (χ0n) is 10.1. The fourth-order valence-corrected chi connectivity index (χ4v) is 2.58. The van der Waals surface area contributed by atoms with Crippen LogP contribution < -0.4 is 5.73 Å². The summed E-state index contributed by atoms with van der Waals surface area (Å²) in [6.07, 6.45) is 0. The summed E-state index contributed by atoms with van der Waals surface area (Å²) in [5.74, 6) is 0.478. The van der Waals surface area contributed by atoms with E-state index in [0.717, 1.165) is 14.6 Å². The number of carbonyl (C=O) groups excluding carboxylic acids is 1. The molecule has 1 amide bonds. The Balaban J connectivity index is 2.79. The van der Waals surface area contributed by atoms with Crippen LogP contribution in [0.4, 0.5) is 0 Å². The van der Waals surface area contributed by atoms with Crippen molar-refractivity contribution < 1.29 is 4.79 Å². The third-order valence-corrected chi connectivity index (χ3v) is 3.88. The number of nitrogens with zero attached hydrogens (tertiary/aromatic N) is 2. The van der Waals surface area contributed by atoms with Crippen molar-refractivity contribution in [3.63, 3.8) is 0 Å². The number of carbonyl (C=O) groups is 1. The Hall–Kier alpha value is -0.820. The Morgan fingerprint density at radius 2 is 2.22 bits per heavy atom. The molecule has 0 atom stereocenters. The molecule has 0 fully saturated rings. The summed E-state index contributed by atoms with van der Waals surface area (Å²) < 4.78 is 2.90. The van der Waals surface area contributed by atoms with Gasteiger partial charge in [0, 0.05) is 3.57 Å². The molecule has 2 rings (SSSR count). The number of aromatic nitrogens is 2. The van der Waals surface area contributed by atoms with Crippen LogP contribution in [0.1, 0.15) is 19.7 Å². The van der Waals surface area contributed by atoms with Gasteiger partial charge in [-0.05, 0) is 54.6 Å². The summed E-state index contributed by atoms with van der Waals surface area (Å²) in [5, 5.41) is 0. The first-order valence-corrected chi connectivity index (χ1v) is 7.02. The van der Waals surface area contributed by atoms with Crippen molar-refractivity contribution >= 4 is 51.1 Å². The average Bonchev–Trinajstić information content (AvgIpc) is 2.66. The van der Waals surface area contributed by atoms with E-state index in [1.165, 1.54) is 0 Å². The van der Waals surface area contributed by atoms with Gasteiger partial charge in [0.15, 0.2) is 0 Å². The van der Waals surface area contributed by atoms with E-state index in [1.807, 2.05) is 22.8 Å². The van der Waals surface area contributed by atoms with Crippen LogP contribution in [-0.2, 0) is 16.2 Å². The first-order valence-electron chi connectivity index (χ1n) is 5.41. The summed E-state index contributed by atoms with van der Waals surface area (Å²) in [6, 6.07) is 5.86. The van der Waals surface area contributed by atoms with E-state index in [2.05, 4.69) is 27.6 Å². The number of primary amides is 1. The highest BCUT2D eigenvalue weighted by Crippen LogP contribution is 2.27. The van der Waals surface area contributed by atoms with Gasteiger partial charge in [-0.3, -0.25) is 4.79 Å². The number of rotatable bonds is 3. The minimum absolute atomic E-state index is 0.238. The van der Waals surface area contributed by atoms with Crippen molar-refractivity contribution in [2.24, 2.45) is 5.73 Å². The molecule has 0 radical (unpaired) electrons. The predicted octanol–water partition coefficient (Wildman–Crippen LogP) is 2.60. The summed E-state index contributed by atoms with van der Waals surface area (Å²) in [7, 11) is 0. The molecular weight excluding hydrogens is 365 g/mol. The van der Waals surface area contributed by atoms with Crippen molar-refractivity contribution in [3.8, 4) is 0 Å². The van der Waals surface area contributed by atoms with E-state index < -0.39 is 11.4 Å². The molecule has 0 spiro atoms. The lowest BCUT2D eigenvalue weighted by Crippen LogP contribution is -2.41. The van der Waals surface area contributed by atoms with Gasteiger partial charge in [0.1, 0.15) is 11.4 Å². The molecule has 0 aliphatic heterocycles. The molecule has 0 unspecified atom stereocenters. The maximum atomic E-state index is 11.6. The van der Waals surface area contributed by atoms with Gasteiger partial charge in [-0.15, -0.1) is 11.6 Å². The number of alkyl halides is 1. The molecule has 2 N–H and O–H groups in total. The molecule has 18 heavy (non-hydrogen) atoms. The lowest BCUT2D eigenvalue weighted by Gasteiger charge is -2.25. The average molecular weight is 378 g/mol. The highest BCUT2D eigenvalue weighted by Gasteiger charge is 2.31. The third kappa shape index (κ3) is 2.09. The molecule has 0 saturated heterocycles. The first kappa shape index (κ1) is 13.6. The Morgan fingerprint density at radius 3 is 2.78 bits per heavy atom. The number of hydrogen-bond donors (Lipinski definition) is 1. The number of halogens is 2. The summed E-state index contributed by atoms with van der Waals surface area (Å²) in [5.41, 5.74) is 6.31. The molecule has 6 heteroatoms. The Kier molecular flexibility index (Phi) is 3.55. The Bertz CT molecular complexity index is 621. The molecule has 0 aliphatic rings. The van der Waals surface area contributed by atoms with Crippen LogP contribution in [0.3, 0.4) is 0 Å². The third-order valence-electron chi connectivity index (χ3n) is 2.97. The second-order valence-electron chi connectivity index (χ2n) is 4.55. The highest BCUT2D eigenvalue weighted by atomic mass is 127. The topological polar surface area (TPSA) is 60.9 Å². The minimum atomic E-state index is -0.855. The zero-order valence-corrected chi connectivity index (χ0v) is 13.0. The van der Waals surface area contributed by atoms with Crippen LogP contribution in [0.25, 0.3) is 11.0 Å². The number of hydrogen-bond acceptors (Lipinski definition) is 2. The molecular formula is C12H13ClIN3O. The predicted molar refractivity (Wildman–Crippen MR) is 80.5 cm³/mol. The smallest absolute Gasteiger partial charge is 0.243 e. The van der Waals surface area contributed by atoms with Gasteiger partial charge in [0.05, 0.1) is 16.9 Å². The SMILES string of the molecule is CC(C)(C(N)=O)n1c(CCl)nc2cc(I)ccc21. The van der Waals surface area contributed by atoms with E-state index in [4.69, 9.17) is 17.3 Å². The van der Waals surface area contributed by atoms with E-state index in [0.29, 0.717) is 5.82 Å². The number of nitrogens with two attached hydrogens (primary N) is 1.